The molecule has 2 heterocycles. The summed E-state index contributed by atoms with van der Waals surface area (Å²) < 4.78 is 33.7. The minimum atomic E-state index is -1.76. The number of carbonyl (C=O) groups is 2. The van der Waals surface area contributed by atoms with Gasteiger partial charge in [0.15, 0.2) is 18.7 Å². The zero-order chi connectivity index (χ0) is 51.7. The van der Waals surface area contributed by atoms with Crippen molar-refractivity contribution in [2.45, 2.75) is 319 Å². The van der Waals surface area contributed by atoms with Crippen molar-refractivity contribution >= 4 is 11.9 Å². The highest BCUT2D eigenvalue weighted by Gasteiger charge is 2.47. The molecule has 0 spiro atoms. The van der Waals surface area contributed by atoms with E-state index in [0.717, 1.165) is 38.5 Å². The van der Waals surface area contributed by atoms with Gasteiger partial charge in [-0.3, -0.25) is 9.59 Å². The summed E-state index contributed by atoms with van der Waals surface area (Å²) in [5.74, 6) is -0.904. The minimum absolute atomic E-state index is 0.174. The van der Waals surface area contributed by atoms with E-state index in [0.29, 0.717) is 12.8 Å². The van der Waals surface area contributed by atoms with Crippen LogP contribution in [0.15, 0.2) is 0 Å². The van der Waals surface area contributed by atoms with Crippen molar-refractivity contribution in [3.8, 4) is 0 Å². The summed E-state index contributed by atoms with van der Waals surface area (Å²) in [5.41, 5.74) is 0. The Bertz CT molecular complexity index is 1240. The lowest BCUT2D eigenvalue weighted by Gasteiger charge is -2.42. The van der Waals surface area contributed by atoms with Crippen LogP contribution in [0.4, 0.5) is 0 Å². The maximum Gasteiger partial charge on any atom is 0.306 e. The summed E-state index contributed by atoms with van der Waals surface area (Å²) in [6.07, 6.45) is 26.9. The Morgan fingerprint density at radius 1 is 0.394 bits per heavy atom. The molecular formula is C56H106O15. The fourth-order valence-electron chi connectivity index (χ4n) is 9.57. The molecule has 4 unspecified atom stereocenters. The molecule has 2 aliphatic rings. The zero-order valence-electron chi connectivity index (χ0n) is 44.7. The molecule has 420 valence electrons. The molecular weight excluding hydrogens is 913 g/mol. The van der Waals surface area contributed by atoms with Crippen LogP contribution in [0.3, 0.4) is 0 Å². The van der Waals surface area contributed by atoms with E-state index in [2.05, 4.69) is 13.8 Å². The molecule has 2 rings (SSSR count). The van der Waals surface area contributed by atoms with Crippen LogP contribution in [0.1, 0.15) is 251 Å². The first-order valence-corrected chi connectivity index (χ1v) is 29.1. The molecule has 11 atom stereocenters. The third kappa shape index (κ3) is 31.2. The van der Waals surface area contributed by atoms with Crippen LogP contribution in [-0.2, 0) is 38.0 Å². The molecule has 0 aliphatic carbocycles. The first-order chi connectivity index (χ1) is 34.5. The van der Waals surface area contributed by atoms with Crippen LogP contribution in [0.25, 0.3) is 0 Å². The van der Waals surface area contributed by atoms with Gasteiger partial charge in [0.25, 0.3) is 0 Å². The number of carbonyl (C=O) groups excluding carboxylic acids is 2. The first-order valence-electron chi connectivity index (χ1n) is 29.1. The molecule has 71 heavy (non-hydrogen) atoms. The van der Waals surface area contributed by atoms with Gasteiger partial charge >= 0.3 is 11.9 Å². The molecule has 2 saturated heterocycles. The average molecular weight is 1020 g/mol. The fraction of sp³-hybridized carbons (Fsp3) is 0.964. The van der Waals surface area contributed by atoms with Crippen LogP contribution in [0.2, 0.25) is 0 Å². The van der Waals surface area contributed by atoms with Crippen molar-refractivity contribution < 1.29 is 73.8 Å². The van der Waals surface area contributed by atoms with E-state index in [1.54, 1.807) is 0 Å². The largest absolute Gasteiger partial charge is 0.462 e. The fourth-order valence-corrected chi connectivity index (χ4v) is 9.57. The van der Waals surface area contributed by atoms with Crippen molar-refractivity contribution in [2.24, 2.45) is 0 Å². The number of hydrogen-bond acceptors (Lipinski definition) is 15. The van der Waals surface area contributed by atoms with Gasteiger partial charge < -0.3 is 64.2 Å². The summed E-state index contributed by atoms with van der Waals surface area (Å²) in [5, 5.41) is 72.2. The van der Waals surface area contributed by atoms with Crippen molar-refractivity contribution in [1.29, 1.82) is 0 Å². The van der Waals surface area contributed by atoms with E-state index in [9.17, 15) is 45.3 Å². The third-order valence-corrected chi connectivity index (χ3v) is 14.3. The maximum absolute atomic E-state index is 13.0. The predicted octanol–water partition coefficient (Wildman–Crippen LogP) is 9.56. The molecule has 0 bridgehead atoms. The Hall–Kier alpha value is -1.50. The molecule has 2 aliphatic heterocycles. The van der Waals surface area contributed by atoms with Gasteiger partial charge in [0, 0.05) is 12.8 Å². The van der Waals surface area contributed by atoms with E-state index in [4.69, 9.17) is 28.4 Å². The van der Waals surface area contributed by atoms with Crippen molar-refractivity contribution in [1.82, 2.24) is 0 Å². The van der Waals surface area contributed by atoms with E-state index in [-0.39, 0.29) is 26.1 Å². The molecule has 15 heteroatoms. The summed E-state index contributed by atoms with van der Waals surface area (Å²) in [6.45, 7) is 2.65. The minimum Gasteiger partial charge on any atom is -0.462 e. The molecule has 0 saturated carbocycles. The van der Waals surface area contributed by atoms with Crippen LogP contribution >= 0.6 is 0 Å². The Kier molecular flexibility index (Phi) is 40.4. The highest BCUT2D eigenvalue weighted by atomic mass is 16.7. The van der Waals surface area contributed by atoms with E-state index in [1.165, 1.54) is 173 Å². The number of esters is 2. The summed E-state index contributed by atoms with van der Waals surface area (Å²) in [4.78, 5) is 25.9. The van der Waals surface area contributed by atoms with E-state index in [1.807, 2.05) is 0 Å². The Morgan fingerprint density at radius 3 is 1.10 bits per heavy atom. The number of aliphatic hydroxyl groups excluding tert-OH is 7. The number of unbranched alkanes of at least 4 members (excludes halogenated alkanes) is 33. The zero-order valence-corrected chi connectivity index (χ0v) is 44.7. The van der Waals surface area contributed by atoms with Gasteiger partial charge in [-0.2, -0.15) is 0 Å². The summed E-state index contributed by atoms with van der Waals surface area (Å²) in [7, 11) is 0. The number of hydrogen-bond donors (Lipinski definition) is 7. The van der Waals surface area contributed by atoms with Crippen LogP contribution in [-0.4, -0.2) is 142 Å². The summed E-state index contributed by atoms with van der Waals surface area (Å²) in [6, 6.07) is 0. The van der Waals surface area contributed by atoms with Crippen LogP contribution < -0.4 is 0 Å². The second-order valence-electron chi connectivity index (χ2n) is 20.8. The van der Waals surface area contributed by atoms with Gasteiger partial charge in [-0.05, 0) is 12.8 Å². The lowest BCUT2D eigenvalue weighted by molar-refractivity contribution is -0.332. The molecule has 0 aromatic heterocycles. The highest BCUT2D eigenvalue weighted by molar-refractivity contribution is 5.70. The average Bonchev–Trinajstić information content (AvgIpc) is 3.36. The third-order valence-electron chi connectivity index (χ3n) is 14.3. The maximum atomic E-state index is 13.0. The SMILES string of the molecule is CCCCCCCCCCCCCCCCCCCCCC(=O)OC[C@@H](CO[C@@H]1O[C@H](CO[C@@H]2O[C@H](CO)[C@H](O)C(O)C2O)[C@H](O)C(O)C1O)OC(=O)CCCCCCCCCCCCCCCCCC. The highest BCUT2D eigenvalue weighted by Crippen LogP contribution is 2.27. The molecule has 15 nitrogen and oxygen atoms in total. The van der Waals surface area contributed by atoms with Crippen molar-refractivity contribution in [3.63, 3.8) is 0 Å². The summed E-state index contributed by atoms with van der Waals surface area (Å²) >= 11 is 0. The van der Waals surface area contributed by atoms with Gasteiger partial charge in [-0.15, -0.1) is 0 Å². The lowest BCUT2D eigenvalue weighted by atomic mass is 9.98. The van der Waals surface area contributed by atoms with E-state index < -0.39 is 92.7 Å². The lowest BCUT2D eigenvalue weighted by Crippen LogP contribution is -2.61. The van der Waals surface area contributed by atoms with Gasteiger partial charge in [-0.25, -0.2) is 0 Å². The first kappa shape index (κ1) is 65.6. The molecule has 0 aromatic carbocycles. The second-order valence-corrected chi connectivity index (χ2v) is 20.8. The quantitative estimate of drug-likeness (QED) is 0.0222. The van der Waals surface area contributed by atoms with E-state index >= 15 is 0 Å². The molecule has 0 amide bonds. The molecule has 0 aromatic rings. The van der Waals surface area contributed by atoms with Crippen LogP contribution in [0, 0.1) is 0 Å². The second kappa shape index (κ2) is 43.7. The predicted molar refractivity (Wildman–Crippen MR) is 275 cm³/mol. The topological polar surface area (TPSA) is 231 Å². The number of rotatable bonds is 47. The van der Waals surface area contributed by atoms with Gasteiger partial charge in [0.05, 0.1) is 19.8 Å². The normalized spacial score (nSPS) is 25.1. The van der Waals surface area contributed by atoms with Gasteiger partial charge in [0.2, 0.25) is 0 Å². The Labute approximate surface area is 429 Å². The van der Waals surface area contributed by atoms with Crippen molar-refractivity contribution in [2.75, 3.05) is 26.4 Å². The number of aliphatic hydroxyl groups is 7. The van der Waals surface area contributed by atoms with Crippen LogP contribution in [0.5, 0.6) is 0 Å². The Morgan fingerprint density at radius 2 is 0.718 bits per heavy atom. The molecule has 0 radical (unpaired) electrons. The van der Waals surface area contributed by atoms with Gasteiger partial charge in [-0.1, -0.05) is 226 Å². The Balaban J connectivity index is 1.74. The monoisotopic (exact) mass is 1020 g/mol. The molecule has 7 N–H and O–H groups in total. The standard InChI is InChI=1S/C56H106O15/c1-3-5-7-9-11-13-15-17-19-21-22-23-25-26-28-30-32-34-36-38-47(58)66-41-44(69-48(59)39-37-35-33-31-29-27-24-20-18-16-14-12-10-8-6-4-2)42-67-55-54(65)52(63)50(61)46(71-55)43-68-56-53(64)51(62)49(60)45(40-57)70-56/h44-46,49-57,60-65H,3-43H2,1-2H3/t44-,45+,46+,49-,50-,51?,52?,53?,54?,55+,56+/m0/s1. The van der Waals surface area contributed by atoms with Gasteiger partial charge in [0.1, 0.15) is 55.4 Å². The smallest absolute Gasteiger partial charge is 0.306 e. The van der Waals surface area contributed by atoms with Crippen molar-refractivity contribution in [3.05, 3.63) is 0 Å². The molecule has 2 fully saturated rings. The number of ether oxygens (including phenoxy) is 6.